The molecule has 0 fully saturated rings. The predicted molar refractivity (Wildman–Crippen MR) is 128 cm³/mol. The fourth-order valence-corrected chi connectivity index (χ4v) is 5.32. The number of thiophene rings is 2. The van der Waals surface area contributed by atoms with E-state index in [1.54, 1.807) is 31.6 Å². The van der Waals surface area contributed by atoms with E-state index in [0.29, 0.717) is 28.1 Å². The zero-order valence-electron chi connectivity index (χ0n) is 17.9. The molecule has 33 heavy (non-hydrogen) atoms. The maximum Gasteiger partial charge on any atom is 0.263 e. The maximum absolute atomic E-state index is 13.4. The number of hydrazone groups is 1. The van der Waals surface area contributed by atoms with Crippen LogP contribution in [0, 0.1) is 0 Å². The molecule has 8 nitrogen and oxygen atoms in total. The van der Waals surface area contributed by atoms with Gasteiger partial charge in [0.05, 0.1) is 42.6 Å². The van der Waals surface area contributed by atoms with Gasteiger partial charge in [0, 0.05) is 6.42 Å². The van der Waals surface area contributed by atoms with Gasteiger partial charge in [0.15, 0.2) is 11.5 Å². The van der Waals surface area contributed by atoms with Crippen LogP contribution in [0.15, 0.2) is 63.4 Å². The van der Waals surface area contributed by atoms with Crippen LogP contribution in [0.25, 0.3) is 10.2 Å². The highest BCUT2D eigenvalue weighted by atomic mass is 32.1. The van der Waals surface area contributed by atoms with Crippen LogP contribution in [0.3, 0.4) is 0 Å². The van der Waals surface area contributed by atoms with Crippen LogP contribution >= 0.6 is 22.7 Å². The van der Waals surface area contributed by atoms with Crippen molar-refractivity contribution in [1.29, 1.82) is 0 Å². The molecule has 0 radical (unpaired) electrons. The maximum atomic E-state index is 13.4. The molecule has 0 saturated heterocycles. The van der Waals surface area contributed by atoms with Gasteiger partial charge in [0.2, 0.25) is 0 Å². The van der Waals surface area contributed by atoms with E-state index in [1.807, 2.05) is 41.1 Å². The standard InChI is InChI=1S/C23H20N4O4S2/c1-30-18-6-5-14(10-19(18)31-2)17-11-16(20-4-3-8-32-20)25-27(17)21(28)12-26-13-24-22-15(23(26)29)7-9-33-22/h3-10,13,17H,11-12H2,1-2H3/t17-/m1/s1. The van der Waals surface area contributed by atoms with Crippen molar-refractivity contribution < 1.29 is 14.3 Å². The number of hydrogen-bond donors (Lipinski definition) is 0. The molecule has 5 rings (SSSR count). The van der Waals surface area contributed by atoms with Gasteiger partial charge in [-0.15, -0.1) is 22.7 Å². The lowest BCUT2D eigenvalue weighted by Gasteiger charge is -2.23. The van der Waals surface area contributed by atoms with Crippen LogP contribution in [0.1, 0.15) is 22.9 Å². The second-order valence-corrected chi connectivity index (χ2v) is 9.26. The molecule has 0 bridgehead atoms. The molecule has 168 valence electrons. The third kappa shape index (κ3) is 3.91. The molecule has 0 saturated carbocycles. The Kier molecular flexibility index (Phi) is 5.69. The number of benzene rings is 1. The Balaban J connectivity index is 1.50. The number of nitrogens with zero attached hydrogens (tertiary/aromatic N) is 4. The lowest BCUT2D eigenvalue weighted by molar-refractivity contribution is -0.133. The van der Waals surface area contributed by atoms with Gasteiger partial charge in [-0.25, -0.2) is 9.99 Å². The molecule has 1 aromatic carbocycles. The Bertz CT molecular complexity index is 1410. The zero-order chi connectivity index (χ0) is 22.9. The second-order valence-electron chi connectivity index (χ2n) is 7.41. The molecule has 0 spiro atoms. The Hall–Kier alpha value is -3.50. The normalized spacial score (nSPS) is 15.6. The van der Waals surface area contributed by atoms with E-state index in [-0.39, 0.29) is 24.1 Å². The van der Waals surface area contributed by atoms with E-state index in [9.17, 15) is 9.59 Å². The minimum Gasteiger partial charge on any atom is -0.493 e. The first-order valence-electron chi connectivity index (χ1n) is 10.2. The summed E-state index contributed by atoms with van der Waals surface area (Å²) in [5.74, 6) is 0.897. The first-order chi connectivity index (χ1) is 16.1. The zero-order valence-corrected chi connectivity index (χ0v) is 19.6. The van der Waals surface area contributed by atoms with Gasteiger partial charge in [-0.2, -0.15) is 5.10 Å². The minimum atomic E-state index is -0.331. The molecule has 3 aromatic heterocycles. The summed E-state index contributed by atoms with van der Waals surface area (Å²) in [6, 6.07) is 10.9. The SMILES string of the molecule is COc1ccc([C@H]2CC(c3cccs3)=NN2C(=O)Cn2cnc3sccc3c2=O)cc1OC. The number of amides is 1. The fraction of sp³-hybridized carbons (Fsp3) is 0.217. The molecule has 1 aliphatic heterocycles. The first kappa shape index (κ1) is 21.4. The fourth-order valence-electron chi connectivity index (χ4n) is 3.88. The highest BCUT2D eigenvalue weighted by molar-refractivity contribution is 7.16. The molecule has 1 atom stereocenters. The van der Waals surface area contributed by atoms with Gasteiger partial charge < -0.3 is 9.47 Å². The number of rotatable bonds is 6. The molecule has 0 unspecified atom stereocenters. The average molecular weight is 481 g/mol. The summed E-state index contributed by atoms with van der Waals surface area (Å²) in [5.41, 5.74) is 1.46. The summed E-state index contributed by atoms with van der Waals surface area (Å²) in [6.45, 7) is -0.150. The Morgan fingerprint density at radius 2 is 1.97 bits per heavy atom. The largest absolute Gasteiger partial charge is 0.493 e. The molecule has 4 aromatic rings. The van der Waals surface area contributed by atoms with Crippen LogP contribution in [-0.4, -0.2) is 40.4 Å². The van der Waals surface area contributed by atoms with E-state index >= 15 is 0 Å². The third-order valence-electron chi connectivity index (χ3n) is 5.52. The average Bonchev–Trinajstić information content (AvgIpc) is 3.60. The molecule has 0 N–H and O–H groups in total. The lowest BCUT2D eigenvalue weighted by atomic mass is 10.0. The topological polar surface area (TPSA) is 86.0 Å². The number of carbonyl (C=O) groups is 1. The molecule has 1 amide bonds. The molecule has 10 heteroatoms. The van der Waals surface area contributed by atoms with Crippen LogP contribution in [-0.2, 0) is 11.3 Å². The van der Waals surface area contributed by atoms with E-state index < -0.39 is 0 Å². The molecule has 4 heterocycles. The highest BCUT2D eigenvalue weighted by Gasteiger charge is 2.34. The Morgan fingerprint density at radius 3 is 2.73 bits per heavy atom. The monoisotopic (exact) mass is 480 g/mol. The summed E-state index contributed by atoms with van der Waals surface area (Å²) in [6.07, 6.45) is 1.98. The van der Waals surface area contributed by atoms with Crippen molar-refractivity contribution in [3.63, 3.8) is 0 Å². The smallest absolute Gasteiger partial charge is 0.263 e. The van der Waals surface area contributed by atoms with Gasteiger partial charge in [-0.05, 0) is 40.6 Å². The third-order valence-corrected chi connectivity index (χ3v) is 7.26. The molecule has 1 aliphatic rings. The number of ether oxygens (including phenoxy) is 2. The quantitative estimate of drug-likeness (QED) is 0.418. The summed E-state index contributed by atoms with van der Waals surface area (Å²) in [4.78, 5) is 32.2. The minimum absolute atomic E-state index is 0.150. The van der Waals surface area contributed by atoms with Crippen molar-refractivity contribution in [2.75, 3.05) is 14.2 Å². The van der Waals surface area contributed by atoms with E-state index in [0.717, 1.165) is 16.2 Å². The number of aromatic nitrogens is 2. The van der Waals surface area contributed by atoms with Crippen molar-refractivity contribution in [2.24, 2.45) is 5.10 Å². The predicted octanol–water partition coefficient (Wildman–Crippen LogP) is 3.91. The second kappa shape index (κ2) is 8.80. The van der Waals surface area contributed by atoms with Gasteiger partial charge >= 0.3 is 0 Å². The lowest BCUT2D eigenvalue weighted by Crippen LogP contribution is -2.34. The van der Waals surface area contributed by atoms with Gasteiger partial charge in [0.1, 0.15) is 11.4 Å². The van der Waals surface area contributed by atoms with E-state index in [4.69, 9.17) is 9.47 Å². The van der Waals surface area contributed by atoms with Crippen molar-refractivity contribution in [2.45, 2.75) is 19.0 Å². The Morgan fingerprint density at radius 1 is 1.12 bits per heavy atom. The van der Waals surface area contributed by atoms with Crippen molar-refractivity contribution in [3.05, 3.63) is 74.3 Å². The van der Waals surface area contributed by atoms with E-state index in [1.165, 1.54) is 27.2 Å². The van der Waals surface area contributed by atoms with Crippen molar-refractivity contribution in [1.82, 2.24) is 14.6 Å². The summed E-state index contributed by atoms with van der Waals surface area (Å²) < 4.78 is 12.1. The van der Waals surface area contributed by atoms with Crippen LogP contribution < -0.4 is 15.0 Å². The van der Waals surface area contributed by atoms with Gasteiger partial charge in [-0.3, -0.25) is 14.2 Å². The highest BCUT2D eigenvalue weighted by Crippen LogP contribution is 2.38. The number of methoxy groups -OCH3 is 2. The summed E-state index contributed by atoms with van der Waals surface area (Å²) in [7, 11) is 3.16. The number of hydrogen-bond acceptors (Lipinski definition) is 8. The summed E-state index contributed by atoms with van der Waals surface area (Å²) >= 11 is 2.97. The molecule has 0 aliphatic carbocycles. The van der Waals surface area contributed by atoms with Crippen LogP contribution in [0.5, 0.6) is 11.5 Å². The van der Waals surface area contributed by atoms with Crippen LogP contribution in [0.4, 0.5) is 0 Å². The number of carbonyl (C=O) groups excluding carboxylic acids is 1. The van der Waals surface area contributed by atoms with E-state index in [2.05, 4.69) is 10.1 Å². The first-order valence-corrected chi connectivity index (χ1v) is 11.9. The Labute approximate surface area is 197 Å². The molecular weight excluding hydrogens is 460 g/mol. The van der Waals surface area contributed by atoms with Crippen molar-refractivity contribution >= 4 is 44.5 Å². The van der Waals surface area contributed by atoms with Crippen LogP contribution in [0.2, 0.25) is 0 Å². The summed E-state index contributed by atoms with van der Waals surface area (Å²) in [5, 5.41) is 10.4. The van der Waals surface area contributed by atoms with Gasteiger partial charge in [-0.1, -0.05) is 12.1 Å². The molecular formula is C23H20N4O4S2. The van der Waals surface area contributed by atoms with Crippen molar-refractivity contribution in [3.8, 4) is 11.5 Å². The van der Waals surface area contributed by atoms with Gasteiger partial charge in [0.25, 0.3) is 11.5 Å². The number of fused-ring (bicyclic) bond motifs is 1.